The van der Waals surface area contributed by atoms with Gasteiger partial charge in [0.25, 0.3) is 0 Å². The van der Waals surface area contributed by atoms with Crippen LogP contribution in [0.4, 0.5) is 0 Å². The zero-order chi connectivity index (χ0) is 14.8. The van der Waals surface area contributed by atoms with Crippen LogP contribution >= 0.6 is 34.8 Å². The summed E-state index contributed by atoms with van der Waals surface area (Å²) in [4.78, 5) is 2.28. The Morgan fingerprint density at radius 1 is 1.00 bits per heavy atom. The molecule has 1 heterocycles. The molecule has 8 heteroatoms. The highest BCUT2D eigenvalue weighted by atomic mass is 35.5. The van der Waals surface area contributed by atoms with E-state index in [1.54, 1.807) is 0 Å². The second-order valence-corrected chi connectivity index (χ2v) is 7.73. The number of benzene rings is 1. The lowest BCUT2D eigenvalue weighted by Gasteiger charge is -2.33. The van der Waals surface area contributed by atoms with E-state index < -0.39 is 10.0 Å². The van der Waals surface area contributed by atoms with E-state index in [-0.39, 0.29) is 4.90 Å². The third kappa shape index (κ3) is 3.78. The molecule has 0 saturated carbocycles. The molecule has 4 nitrogen and oxygen atoms in total. The number of halogens is 3. The van der Waals surface area contributed by atoms with Crippen LogP contribution in [0.1, 0.15) is 0 Å². The smallest absolute Gasteiger partial charge is 0.243 e. The van der Waals surface area contributed by atoms with Crippen molar-refractivity contribution < 1.29 is 8.42 Å². The Hall–Kier alpha value is -0.0400. The molecule has 0 atom stereocenters. The topological polar surface area (TPSA) is 40.6 Å². The molecule has 20 heavy (non-hydrogen) atoms. The minimum atomic E-state index is -3.54. The molecule has 0 aliphatic carbocycles. The van der Waals surface area contributed by atoms with E-state index >= 15 is 0 Å². The maximum absolute atomic E-state index is 12.5. The molecule has 1 aromatic carbocycles. The minimum Gasteiger partial charge on any atom is -0.300 e. The van der Waals surface area contributed by atoms with Crippen LogP contribution in [0.15, 0.2) is 23.1 Å². The van der Waals surface area contributed by atoms with Crippen LogP contribution in [0.3, 0.4) is 0 Å². The van der Waals surface area contributed by atoms with Gasteiger partial charge in [0, 0.05) is 48.6 Å². The molecule has 2 rings (SSSR count). The molecule has 0 N–H and O–H groups in total. The highest BCUT2D eigenvalue weighted by Gasteiger charge is 2.28. The first-order chi connectivity index (χ1) is 9.43. The number of alkyl halides is 1. The van der Waals surface area contributed by atoms with Gasteiger partial charge in [-0.3, -0.25) is 4.90 Å². The van der Waals surface area contributed by atoms with Gasteiger partial charge in [-0.25, -0.2) is 8.42 Å². The predicted octanol–water partition coefficient (Wildman–Crippen LogP) is 2.54. The first kappa shape index (κ1) is 16.3. The fourth-order valence-electron chi connectivity index (χ4n) is 2.14. The average Bonchev–Trinajstić information content (AvgIpc) is 2.38. The fourth-order valence-corrected chi connectivity index (χ4v) is 4.53. The van der Waals surface area contributed by atoms with Crippen LogP contribution in [-0.4, -0.2) is 56.2 Å². The van der Waals surface area contributed by atoms with E-state index in [0.29, 0.717) is 42.1 Å². The summed E-state index contributed by atoms with van der Waals surface area (Å²) in [6.45, 7) is 3.03. The lowest BCUT2D eigenvalue weighted by molar-refractivity contribution is 0.197. The number of piperazine rings is 1. The summed E-state index contributed by atoms with van der Waals surface area (Å²) in [7, 11) is -3.54. The normalized spacial score (nSPS) is 18.4. The molecular weight excluding hydrogens is 343 g/mol. The summed E-state index contributed by atoms with van der Waals surface area (Å²) in [6.07, 6.45) is 0. The van der Waals surface area contributed by atoms with E-state index in [9.17, 15) is 8.42 Å². The van der Waals surface area contributed by atoms with Crippen molar-refractivity contribution in [2.24, 2.45) is 0 Å². The molecule has 112 valence electrons. The highest BCUT2D eigenvalue weighted by molar-refractivity contribution is 7.89. The van der Waals surface area contributed by atoms with Gasteiger partial charge in [0.15, 0.2) is 0 Å². The van der Waals surface area contributed by atoms with Crippen LogP contribution in [0.2, 0.25) is 10.0 Å². The molecule has 1 saturated heterocycles. The molecule has 1 aromatic rings. The van der Waals surface area contributed by atoms with Crippen molar-refractivity contribution in [1.29, 1.82) is 0 Å². The molecule has 0 amide bonds. The third-order valence-electron chi connectivity index (χ3n) is 3.21. The second kappa shape index (κ2) is 6.81. The Morgan fingerprint density at radius 2 is 1.55 bits per heavy atom. The number of rotatable bonds is 4. The van der Waals surface area contributed by atoms with Gasteiger partial charge >= 0.3 is 0 Å². The predicted molar refractivity (Wildman–Crippen MR) is 82.4 cm³/mol. The second-order valence-electron chi connectivity index (χ2n) is 4.54. The zero-order valence-corrected chi connectivity index (χ0v) is 13.8. The van der Waals surface area contributed by atoms with E-state index in [2.05, 4.69) is 4.90 Å². The minimum absolute atomic E-state index is 0.140. The number of hydrogen-bond donors (Lipinski definition) is 0. The molecule has 1 fully saturated rings. The van der Waals surface area contributed by atoms with Crippen molar-refractivity contribution in [3.63, 3.8) is 0 Å². The first-order valence-corrected chi connectivity index (χ1v) is 8.91. The summed E-state index contributed by atoms with van der Waals surface area (Å²) in [5.41, 5.74) is 0. The Kier molecular flexibility index (Phi) is 5.56. The molecule has 0 aromatic heterocycles. The monoisotopic (exact) mass is 356 g/mol. The summed E-state index contributed by atoms with van der Waals surface area (Å²) in [5, 5.41) is 0.633. The van der Waals surface area contributed by atoms with Gasteiger partial charge in [-0.2, -0.15) is 4.31 Å². The van der Waals surface area contributed by atoms with Crippen molar-refractivity contribution in [2.75, 3.05) is 38.6 Å². The van der Waals surface area contributed by atoms with Crippen LogP contribution in [0.25, 0.3) is 0 Å². The van der Waals surface area contributed by atoms with Crippen molar-refractivity contribution in [2.45, 2.75) is 4.90 Å². The largest absolute Gasteiger partial charge is 0.300 e. The Labute approximate surface area is 134 Å². The summed E-state index contributed by atoms with van der Waals surface area (Å²) in [6, 6.07) is 4.36. The van der Waals surface area contributed by atoms with E-state index in [1.165, 1.54) is 22.5 Å². The van der Waals surface area contributed by atoms with Gasteiger partial charge in [0.2, 0.25) is 10.0 Å². The van der Waals surface area contributed by atoms with E-state index in [0.717, 1.165) is 6.54 Å². The van der Waals surface area contributed by atoms with Gasteiger partial charge in [-0.1, -0.05) is 23.2 Å². The van der Waals surface area contributed by atoms with Gasteiger partial charge in [-0.05, 0) is 18.2 Å². The van der Waals surface area contributed by atoms with Crippen molar-refractivity contribution in [3.8, 4) is 0 Å². The Bertz CT molecular complexity index is 552. The summed E-state index contributed by atoms with van der Waals surface area (Å²) < 4.78 is 26.5. The van der Waals surface area contributed by atoms with Crippen molar-refractivity contribution >= 4 is 44.8 Å². The Morgan fingerprint density at radius 3 is 2.05 bits per heavy atom. The van der Waals surface area contributed by atoms with Crippen LogP contribution in [0, 0.1) is 0 Å². The van der Waals surface area contributed by atoms with E-state index in [1.807, 2.05) is 0 Å². The van der Waals surface area contributed by atoms with Crippen LogP contribution in [0.5, 0.6) is 0 Å². The summed E-state index contributed by atoms with van der Waals surface area (Å²) >= 11 is 17.4. The van der Waals surface area contributed by atoms with Crippen LogP contribution < -0.4 is 0 Å². The molecule has 1 aliphatic rings. The number of sulfonamides is 1. The van der Waals surface area contributed by atoms with Crippen molar-refractivity contribution in [3.05, 3.63) is 28.2 Å². The van der Waals surface area contributed by atoms with Gasteiger partial charge in [-0.15, -0.1) is 11.6 Å². The lowest BCUT2D eigenvalue weighted by Crippen LogP contribution is -2.48. The molecule has 1 aliphatic heterocycles. The number of nitrogens with zero attached hydrogens (tertiary/aromatic N) is 2. The molecule has 0 bridgehead atoms. The maximum Gasteiger partial charge on any atom is 0.243 e. The van der Waals surface area contributed by atoms with Crippen LogP contribution in [-0.2, 0) is 10.0 Å². The zero-order valence-electron chi connectivity index (χ0n) is 10.7. The van der Waals surface area contributed by atoms with E-state index in [4.69, 9.17) is 34.8 Å². The van der Waals surface area contributed by atoms with Gasteiger partial charge in [0.1, 0.15) is 0 Å². The maximum atomic E-state index is 12.5. The molecule has 0 spiro atoms. The molecular formula is C12H15Cl3N2O2S. The van der Waals surface area contributed by atoms with Gasteiger partial charge < -0.3 is 0 Å². The van der Waals surface area contributed by atoms with Gasteiger partial charge in [0.05, 0.1) is 4.90 Å². The SMILES string of the molecule is O=S(=O)(c1cc(Cl)cc(Cl)c1)N1CCN(CCCl)CC1. The molecule has 0 radical (unpaired) electrons. The third-order valence-corrected chi connectivity index (χ3v) is 5.69. The number of hydrogen-bond acceptors (Lipinski definition) is 3. The summed E-state index contributed by atoms with van der Waals surface area (Å²) in [5.74, 6) is 0.552. The lowest BCUT2D eigenvalue weighted by atomic mass is 10.4. The standard InChI is InChI=1S/C12H15Cl3N2O2S/c13-1-2-16-3-5-17(6-4-16)20(18,19)12-8-10(14)7-11(15)9-12/h7-9H,1-6H2. The first-order valence-electron chi connectivity index (χ1n) is 6.18. The Balaban J connectivity index is 2.15. The quantitative estimate of drug-likeness (QED) is 0.778. The average molecular weight is 358 g/mol. The van der Waals surface area contributed by atoms with Crippen molar-refractivity contribution in [1.82, 2.24) is 9.21 Å². The highest BCUT2D eigenvalue weighted by Crippen LogP contribution is 2.25. The fraction of sp³-hybridized carbons (Fsp3) is 0.500. The molecule has 0 unspecified atom stereocenters.